The van der Waals surface area contributed by atoms with Crippen LogP contribution < -0.4 is 10.6 Å². The smallest absolute Gasteiger partial charge is 0.175 e. The van der Waals surface area contributed by atoms with Crippen LogP contribution in [0.2, 0.25) is 10.0 Å². The van der Waals surface area contributed by atoms with Crippen molar-refractivity contribution in [1.29, 1.82) is 0 Å². The summed E-state index contributed by atoms with van der Waals surface area (Å²) in [4.78, 5) is 0. The molecule has 8 heteroatoms. The highest BCUT2D eigenvalue weighted by atomic mass is 35.5. The Bertz CT molecular complexity index is 986. The predicted molar refractivity (Wildman–Crippen MR) is 114 cm³/mol. The van der Waals surface area contributed by atoms with E-state index in [0.717, 1.165) is 22.6 Å². The normalized spacial score (nSPS) is 10.7. The van der Waals surface area contributed by atoms with Crippen molar-refractivity contribution >= 4 is 51.9 Å². The van der Waals surface area contributed by atoms with Crippen LogP contribution in [-0.4, -0.2) is 14.9 Å². The van der Waals surface area contributed by atoms with Gasteiger partial charge in [-0.2, -0.15) is 5.10 Å². The van der Waals surface area contributed by atoms with Crippen LogP contribution in [0, 0.1) is 19.7 Å². The van der Waals surface area contributed by atoms with E-state index >= 15 is 0 Å². The fourth-order valence-electron chi connectivity index (χ4n) is 2.65. The van der Waals surface area contributed by atoms with Gasteiger partial charge < -0.3 is 10.6 Å². The van der Waals surface area contributed by atoms with Crippen LogP contribution in [-0.2, 0) is 6.54 Å². The predicted octanol–water partition coefficient (Wildman–Crippen LogP) is 5.80. The molecule has 0 saturated carbocycles. The first-order chi connectivity index (χ1) is 12.8. The molecule has 140 valence electrons. The molecule has 0 unspecified atom stereocenters. The number of nitrogens with one attached hydrogen (secondary N) is 2. The third kappa shape index (κ3) is 4.77. The minimum atomic E-state index is -0.297. The maximum atomic E-state index is 13.0. The highest BCUT2D eigenvalue weighted by molar-refractivity contribution is 7.80. The summed E-state index contributed by atoms with van der Waals surface area (Å²) in [5, 5.41) is 12.2. The Hall–Kier alpha value is -2.15. The Morgan fingerprint density at radius 3 is 2.44 bits per heavy atom. The van der Waals surface area contributed by atoms with Crippen molar-refractivity contribution in [3.05, 3.63) is 75.3 Å². The van der Waals surface area contributed by atoms with Gasteiger partial charge in [-0.05, 0) is 68.0 Å². The second kappa shape index (κ2) is 8.25. The zero-order chi connectivity index (χ0) is 19.6. The highest BCUT2D eigenvalue weighted by Gasteiger charge is 2.13. The van der Waals surface area contributed by atoms with Crippen molar-refractivity contribution < 1.29 is 4.39 Å². The van der Waals surface area contributed by atoms with Gasteiger partial charge in [0.25, 0.3) is 0 Å². The first-order valence-corrected chi connectivity index (χ1v) is 9.31. The molecular weight excluding hydrogens is 406 g/mol. The number of aromatic nitrogens is 2. The van der Waals surface area contributed by atoms with Crippen molar-refractivity contribution in [2.75, 3.05) is 10.6 Å². The van der Waals surface area contributed by atoms with Crippen molar-refractivity contribution in [3.63, 3.8) is 0 Å². The van der Waals surface area contributed by atoms with Gasteiger partial charge in [0, 0.05) is 5.69 Å². The summed E-state index contributed by atoms with van der Waals surface area (Å²) < 4.78 is 14.9. The zero-order valence-electron chi connectivity index (χ0n) is 14.7. The number of aryl methyl sites for hydroxylation is 1. The van der Waals surface area contributed by atoms with Crippen molar-refractivity contribution in [2.45, 2.75) is 20.4 Å². The number of hydrogen-bond acceptors (Lipinski definition) is 2. The lowest BCUT2D eigenvalue weighted by molar-refractivity contribution is 0.628. The summed E-state index contributed by atoms with van der Waals surface area (Å²) in [6.45, 7) is 4.42. The Labute approximate surface area is 172 Å². The summed E-state index contributed by atoms with van der Waals surface area (Å²) in [5.41, 5.74) is 4.27. The monoisotopic (exact) mass is 422 g/mol. The van der Waals surface area contributed by atoms with Crippen LogP contribution in [0.1, 0.15) is 17.0 Å². The van der Waals surface area contributed by atoms with E-state index in [2.05, 4.69) is 15.7 Å². The number of thiocarbonyl (C=S) groups is 1. The van der Waals surface area contributed by atoms with Gasteiger partial charge in [0.2, 0.25) is 0 Å². The van der Waals surface area contributed by atoms with Gasteiger partial charge in [0.15, 0.2) is 5.11 Å². The van der Waals surface area contributed by atoms with Gasteiger partial charge in [0.1, 0.15) is 5.82 Å². The third-order valence-electron chi connectivity index (χ3n) is 4.04. The maximum Gasteiger partial charge on any atom is 0.175 e. The average molecular weight is 423 g/mol. The summed E-state index contributed by atoms with van der Waals surface area (Å²) >= 11 is 17.4. The molecule has 0 amide bonds. The molecule has 4 nitrogen and oxygen atoms in total. The van der Waals surface area contributed by atoms with Crippen LogP contribution in [0.4, 0.5) is 15.8 Å². The minimum absolute atomic E-state index is 0.297. The molecule has 27 heavy (non-hydrogen) atoms. The summed E-state index contributed by atoms with van der Waals surface area (Å²) in [7, 11) is 0. The molecule has 2 aromatic carbocycles. The van der Waals surface area contributed by atoms with E-state index in [1.165, 1.54) is 12.1 Å². The van der Waals surface area contributed by atoms with Crippen LogP contribution in [0.5, 0.6) is 0 Å². The van der Waals surface area contributed by atoms with Gasteiger partial charge in [-0.3, -0.25) is 4.68 Å². The highest BCUT2D eigenvalue weighted by Crippen LogP contribution is 2.25. The van der Waals surface area contributed by atoms with E-state index < -0.39 is 0 Å². The molecule has 0 spiro atoms. The summed E-state index contributed by atoms with van der Waals surface area (Å²) in [6.07, 6.45) is 0. The van der Waals surface area contributed by atoms with Crippen molar-refractivity contribution in [1.82, 2.24) is 9.78 Å². The first kappa shape index (κ1) is 19.6. The van der Waals surface area contributed by atoms with Crippen LogP contribution in [0.3, 0.4) is 0 Å². The molecule has 0 radical (unpaired) electrons. The molecule has 3 aromatic rings. The van der Waals surface area contributed by atoms with E-state index in [4.69, 9.17) is 35.4 Å². The largest absolute Gasteiger partial charge is 0.332 e. The molecule has 0 aliphatic heterocycles. The fourth-order valence-corrected chi connectivity index (χ4v) is 3.19. The molecule has 2 N–H and O–H groups in total. The molecule has 0 fully saturated rings. The molecule has 0 atom stereocenters. The molecule has 1 heterocycles. The Balaban J connectivity index is 1.73. The Morgan fingerprint density at radius 2 is 1.78 bits per heavy atom. The van der Waals surface area contributed by atoms with Crippen LogP contribution >= 0.6 is 35.4 Å². The minimum Gasteiger partial charge on any atom is -0.332 e. The van der Waals surface area contributed by atoms with Gasteiger partial charge in [0.05, 0.1) is 33.7 Å². The van der Waals surface area contributed by atoms with Crippen LogP contribution in [0.15, 0.2) is 42.5 Å². The van der Waals surface area contributed by atoms with Gasteiger partial charge in [-0.15, -0.1) is 0 Å². The number of halogens is 3. The number of rotatable bonds is 4. The first-order valence-electron chi connectivity index (χ1n) is 8.15. The lowest BCUT2D eigenvalue weighted by atomic mass is 10.2. The van der Waals surface area contributed by atoms with Gasteiger partial charge >= 0.3 is 0 Å². The number of anilines is 2. The average Bonchev–Trinajstić information content (AvgIpc) is 2.87. The molecular formula is C19H17Cl2FN4S. The van der Waals surface area contributed by atoms with E-state index in [1.54, 1.807) is 18.2 Å². The summed E-state index contributed by atoms with van der Waals surface area (Å²) in [5.74, 6) is -0.297. The maximum absolute atomic E-state index is 13.0. The topological polar surface area (TPSA) is 41.9 Å². The van der Waals surface area contributed by atoms with Gasteiger partial charge in [-0.1, -0.05) is 29.3 Å². The van der Waals surface area contributed by atoms with Crippen molar-refractivity contribution in [3.8, 4) is 0 Å². The number of hydrogen-bond donors (Lipinski definition) is 2. The van der Waals surface area contributed by atoms with E-state index in [0.29, 0.717) is 27.4 Å². The third-order valence-corrected chi connectivity index (χ3v) is 4.98. The number of nitrogens with zero attached hydrogens (tertiary/aromatic N) is 2. The number of benzene rings is 2. The SMILES string of the molecule is Cc1nn(Cc2ccc(Cl)c(Cl)c2)c(C)c1NC(=S)Nc1ccc(F)cc1. The van der Waals surface area contributed by atoms with Crippen LogP contribution in [0.25, 0.3) is 0 Å². The zero-order valence-corrected chi connectivity index (χ0v) is 17.0. The summed E-state index contributed by atoms with van der Waals surface area (Å²) in [6, 6.07) is 11.5. The second-order valence-electron chi connectivity index (χ2n) is 6.04. The molecule has 0 aliphatic rings. The molecule has 0 aliphatic carbocycles. The lowest BCUT2D eigenvalue weighted by Crippen LogP contribution is -2.20. The fraction of sp³-hybridized carbons (Fsp3) is 0.158. The van der Waals surface area contributed by atoms with Crippen molar-refractivity contribution in [2.24, 2.45) is 0 Å². The standard InChI is InChI=1S/C19H17Cl2FN4S/c1-11-18(24-19(27)23-15-6-4-14(22)5-7-15)12(2)26(25-11)10-13-3-8-16(20)17(21)9-13/h3-9H,10H2,1-2H3,(H2,23,24,27). The molecule has 0 saturated heterocycles. The Kier molecular flexibility index (Phi) is 5.99. The molecule has 0 bridgehead atoms. The lowest BCUT2D eigenvalue weighted by Gasteiger charge is -2.11. The van der Waals surface area contributed by atoms with E-state index in [-0.39, 0.29) is 5.82 Å². The van der Waals surface area contributed by atoms with E-state index in [9.17, 15) is 4.39 Å². The Morgan fingerprint density at radius 1 is 1.07 bits per heavy atom. The quantitative estimate of drug-likeness (QED) is 0.521. The second-order valence-corrected chi connectivity index (χ2v) is 7.26. The van der Waals surface area contributed by atoms with E-state index in [1.807, 2.05) is 30.7 Å². The molecule has 3 rings (SSSR count). The molecule has 1 aromatic heterocycles. The van der Waals surface area contributed by atoms with Gasteiger partial charge in [-0.25, -0.2) is 4.39 Å².